The number of rotatable bonds is 12. The molecule has 2 aromatic carbocycles. The van der Waals surface area contributed by atoms with Crippen molar-refractivity contribution in [3.63, 3.8) is 0 Å². The predicted octanol–water partition coefficient (Wildman–Crippen LogP) is 0.379. The molecule has 1 saturated heterocycles. The van der Waals surface area contributed by atoms with E-state index in [2.05, 4.69) is 15.0 Å². The van der Waals surface area contributed by atoms with Crippen LogP contribution in [-0.2, 0) is 45.7 Å². The van der Waals surface area contributed by atoms with E-state index in [9.17, 15) is 23.9 Å². The van der Waals surface area contributed by atoms with Crippen LogP contribution in [0, 0.1) is 0 Å². The number of nitrogens with zero attached hydrogens (tertiary/aromatic N) is 4. The molecule has 17 heteroatoms. The molecule has 0 radical (unpaired) electrons. The first-order chi connectivity index (χ1) is 21.5. The van der Waals surface area contributed by atoms with Crippen LogP contribution < -0.4 is 17.2 Å². The summed E-state index contributed by atoms with van der Waals surface area (Å²) in [7, 11) is -5.00. The highest BCUT2D eigenvalue weighted by molar-refractivity contribution is 7.46. The minimum Gasteiger partial charge on any atom is -0.454 e. The van der Waals surface area contributed by atoms with Crippen molar-refractivity contribution < 1.29 is 42.7 Å². The molecule has 1 aliphatic heterocycles. The smallest absolute Gasteiger partial charge is 0.454 e. The molecule has 45 heavy (non-hydrogen) atoms. The molecule has 3 heterocycles. The van der Waals surface area contributed by atoms with Crippen LogP contribution in [0.25, 0.3) is 11.2 Å². The lowest BCUT2D eigenvalue weighted by atomic mass is 10.1. The monoisotopic (exact) mass is 641 g/mol. The summed E-state index contributed by atoms with van der Waals surface area (Å²) in [5.41, 5.74) is 20.3. The standard InChI is InChI=1S/C28H32N7O9P/c29-18(11-16-7-3-1-4-8-16)27(36)43-22-20(13-41-45(38,39)40)42-26(35-15-34-21-24(31)32-14-33-25(21)35)23(22)44-28(37)19(30)12-17-9-5-2-6-10-17/h1-10,14-15,18-20,22-23,26H,11-13,29-30H2,(H2,31,32,33)(H2,38,39,40)/t18-,19-,20+,22+,23+,26+/m0/s1. The maximum atomic E-state index is 13.4. The molecule has 0 saturated carbocycles. The number of hydrogen-bond acceptors (Lipinski definition) is 13. The Labute approximate surface area is 256 Å². The number of benzene rings is 2. The summed E-state index contributed by atoms with van der Waals surface area (Å²) < 4.78 is 35.4. The van der Waals surface area contributed by atoms with Crippen LogP contribution in [0.4, 0.5) is 5.82 Å². The van der Waals surface area contributed by atoms with Gasteiger partial charge in [-0.3, -0.25) is 18.7 Å². The van der Waals surface area contributed by atoms with Crippen molar-refractivity contribution in [3.05, 3.63) is 84.4 Å². The molecule has 2 aromatic heterocycles. The molecular formula is C28H32N7O9P. The van der Waals surface area contributed by atoms with Crippen LogP contribution >= 0.6 is 7.82 Å². The van der Waals surface area contributed by atoms with Crippen molar-refractivity contribution >= 4 is 36.7 Å². The highest BCUT2D eigenvalue weighted by Gasteiger charge is 2.52. The quantitative estimate of drug-likeness (QED) is 0.104. The molecule has 6 atom stereocenters. The molecule has 8 N–H and O–H groups in total. The van der Waals surface area contributed by atoms with Gasteiger partial charge in [0.05, 0.1) is 12.9 Å². The van der Waals surface area contributed by atoms with Gasteiger partial charge in [-0.05, 0) is 24.0 Å². The topological polar surface area (TPSA) is 250 Å². The lowest BCUT2D eigenvalue weighted by molar-refractivity contribution is -0.170. The van der Waals surface area contributed by atoms with Crippen LogP contribution in [-0.4, -0.2) is 78.2 Å². The first-order valence-corrected chi connectivity index (χ1v) is 15.3. The van der Waals surface area contributed by atoms with Gasteiger partial charge in [-0.15, -0.1) is 0 Å². The number of anilines is 1. The number of carbonyl (C=O) groups excluding carboxylic acids is 2. The van der Waals surface area contributed by atoms with Crippen LogP contribution in [0.1, 0.15) is 17.4 Å². The second-order valence-electron chi connectivity index (χ2n) is 10.3. The number of phosphoric acid groups is 1. The lowest BCUT2D eigenvalue weighted by Crippen LogP contribution is -2.47. The van der Waals surface area contributed by atoms with E-state index >= 15 is 0 Å². The number of aromatic nitrogens is 4. The van der Waals surface area contributed by atoms with Crippen LogP contribution in [0.2, 0.25) is 0 Å². The molecule has 0 aliphatic carbocycles. The summed E-state index contributed by atoms with van der Waals surface area (Å²) >= 11 is 0. The Kier molecular flexibility index (Phi) is 9.84. The van der Waals surface area contributed by atoms with Gasteiger partial charge < -0.3 is 41.2 Å². The number of imidazole rings is 1. The molecule has 0 unspecified atom stereocenters. The fraction of sp³-hybridized carbons (Fsp3) is 0.321. The van der Waals surface area contributed by atoms with Crippen molar-refractivity contribution in [2.45, 2.75) is 49.5 Å². The minimum atomic E-state index is -5.00. The molecule has 0 spiro atoms. The molecule has 5 rings (SSSR count). The molecule has 1 aliphatic rings. The van der Waals surface area contributed by atoms with Crippen molar-refractivity contribution in [2.24, 2.45) is 11.5 Å². The number of nitrogen functional groups attached to an aromatic ring is 1. The molecule has 16 nitrogen and oxygen atoms in total. The summed E-state index contributed by atoms with van der Waals surface area (Å²) in [5.74, 6) is -1.68. The highest BCUT2D eigenvalue weighted by atomic mass is 31.2. The van der Waals surface area contributed by atoms with Gasteiger partial charge in [-0.25, -0.2) is 19.5 Å². The Morgan fingerprint density at radius 2 is 1.44 bits per heavy atom. The maximum Gasteiger partial charge on any atom is 0.469 e. The van der Waals surface area contributed by atoms with Gasteiger partial charge in [-0.1, -0.05) is 60.7 Å². The average molecular weight is 642 g/mol. The van der Waals surface area contributed by atoms with E-state index in [4.69, 9.17) is 35.9 Å². The first kappa shape index (κ1) is 32.1. The Hall–Kier alpha value is -4.28. The zero-order valence-corrected chi connectivity index (χ0v) is 24.6. The van der Waals surface area contributed by atoms with E-state index < -0.39 is 63.0 Å². The first-order valence-electron chi connectivity index (χ1n) is 13.8. The zero-order chi connectivity index (χ0) is 32.1. The highest BCUT2D eigenvalue weighted by Crippen LogP contribution is 2.41. The SMILES string of the molecule is Nc1ncnc2c1ncn2[C@@H]1O[C@H](COP(=O)(O)O)[C@@H](OC(=O)[C@@H](N)Cc2ccccc2)[C@H]1OC(=O)[C@@H](N)Cc1ccccc1. The molecular weight excluding hydrogens is 609 g/mol. The maximum absolute atomic E-state index is 13.4. The van der Waals surface area contributed by atoms with E-state index in [0.29, 0.717) is 0 Å². The Morgan fingerprint density at radius 3 is 2.00 bits per heavy atom. The van der Waals surface area contributed by atoms with Crippen molar-refractivity contribution in [2.75, 3.05) is 12.3 Å². The number of hydrogen-bond donors (Lipinski definition) is 5. The van der Waals surface area contributed by atoms with E-state index in [1.165, 1.54) is 17.2 Å². The van der Waals surface area contributed by atoms with Crippen molar-refractivity contribution in [3.8, 4) is 0 Å². The van der Waals surface area contributed by atoms with E-state index in [0.717, 1.165) is 11.1 Å². The normalized spacial score (nSPS) is 21.3. The third-order valence-electron chi connectivity index (χ3n) is 7.06. The average Bonchev–Trinajstić information content (AvgIpc) is 3.58. The third-order valence-corrected chi connectivity index (χ3v) is 7.55. The molecule has 238 valence electrons. The largest absolute Gasteiger partial charge is 0.469 e. The summed E-state index contributed by atoms with van der Waals surface area (Å²) in [6.45, 7) is -0.749. The van der Waals surface area contributed by atoms with Gasteiger partial charge in [0, 0.05) is 0 Å². The van der Waals surface area contributed by atoms with Gasteiger partial charge in [0.2, 0.25) is 0 Å². The number of fused-ring (bicyclic) bond motifs is 1. The van der Waals surface area contributed by atoms with Crippen LogP contribution in [0.5, 0.6) is 0 Å². The van der Waals surface area contributed by atoms with Gasteiger partial charge >= 0.3 is 19.8 Å². The summed E-state index contributed by atoms with van der Waals surface area (Å²) in [6, 6.07) is 15.7. The number of esters is 2. The summed E-state index contributed by atoms with van der Waals surface area (Å²) in [4.78, 5) is 57.8. The molecule has 4 aromatic rings. The Morgan fingerprint density at radius 1 is 0.889 bits per heavy atom. The van der Waals surface area contributed by atoms with Gasteiger partial charge in [-0.2, -0.15) is 0 Å². The molecule has 0 amide bonds. The lowest BCUT2D eigenvalue weighted by Gasteiger charge is -2.27. The van der Waals surface area contributed by atoms with E-state index in [1.54, 1.807) is 48.5 Å². The van der Waals surface area contributed by atoms with E-state index in [1.807, 2.05) is 12.1 Å². The van der Waals surface area contributed by atoms with Crippen molar-refractivity contribution in [1.29, 1.82) is 0 Å². The molecule has 0 bridgehead atoms. The fourth-order valence-electron chi connectivity index (χ4n) is 4.91. The number of nitrogens with two attached hydrogens (primary N) is 3. The fourth-order valence-corrected chi connectivity index (χ4v) is 5.25. The predicted molar refractivity (Wildman–Crippen MR) is 158 cm³/mol. The Balaban J connectivity index is 1.47. The van der Waals surface area contributed by atoms with E-state index in [-0.39, 0.29) is 29.8 Å². The van der Waals surface area contributed by atoms with Gasteiger partial charge in [0.25, 0.3) is 0 Å². The number of ether oxygens (including phenoxy) is 3. The van der Waals surface area contributed by atoms with Crippen molar-refractivity contribution in [1.82, 2.24) is 19.5 Å². The molecule has 1 fully saturated rings. The second kappa shape index (κ2) is 13.8. The zero-order valence-electron chi connectivity index (χ0n) is 23.7. The number of carbonyl (C=O) groups is 2. The summed E-state index contributed by atoms with van der Waals surface area (Å²) in [6.07, 6.45) is -2.78. The second-order valence-corrected chi connectivity index (χ2v) is 11.6. The Bertz CT molecular complexity index is 1670. The van der Waals surface area contributed by atoms with Gasteiger partial charge in [0.1, 0.15) is 30.0 Å². The number of phosphoric ester groups is 1. The minimum absolute atomic E-state index is 0.0615. The third kappa shape index (κ3) is 7.87. The van der Waals surface area contributed by atoms with Crippen LogP contribution in [0.15, 0.2) is 73.3 Å². The van der Waals surface area contributed by atoms with Crippen LogP contribution in [0.3, 0.4) is 0 Å². The summed E-state index contributed by atoms with van der Waals surface area (Å²) in [5, 5.41) is 0. The van der Waals surface area contributed by atoms with Gasteiger partial charge in [0.15, 0.2) is 29.9 Å².